The zero-order valence-electron chi connectivity index (χ0n) is 35.1. The predicted octanol–water partition coefficient (Wildman–Crippen LogP) is -4.64. The van der Waals surface area contributed by atoms with E-state index in [1.165, 1.54) is 0 Å². The van der Waals surface area contributed by atoms with Crippen molar-refractivity contribution >= 4 is 41.7 Å². The Morgan fingerprint density at radius 2 is 1.39 bits per heavy atom. The van der Waals surface area contributed by atoms with Crippen molar-refractivity contribution in [3.63, 3.8) is 0 Å². The number of terminal acetylenes is 1. The molecule has 0 spiro atoms. The van der Waals surface area contributed by atoms with Crippen molar-refractivity contribution in [1.29, 1.82) is 5.41 Å². The predicted molar refractivity (Wildman–Crippen MR) is 215 cm³/mol. The first-order valence-corrected chi connectivity index (χ1v) is 19.7. The van der Waals surface area contributed by atoms with E-state index >= 15 is 0 Å². The maximum Gasteiger partial charge on any atom is 0.407 e. The third kappa shape index (κ3) is 24.8. The second-order valence-corrected chi connectivity index (χ2v) is 12.9. The quantitative estimate of drug-likeness (QED) is 0.0126. The molecule has 0 aromatic heterocycles. The van der Waals surface area contributed by atoms with Crippen LogP contribution < -0.4 is 32.3 Å². The van der Waals surface area contributed by atoms with Crippen LogP contribution in [0, 0.1) is 17.8 Å². The number of amides is 5. The molecule has 0 aliphatic carbocycles. The summed E-state index contributed by atoms with van der Waals surface area (Å²) in [5.41, 5.74) is 5.43. The number of carboxylic acids is 1. The minimum Gasteiger partial charge on any atom is -0.477 e. The second kappa shape index (κ2) is 33.3. The van der Waals surface area contributed by atoms with E-state index in [4.69, 9.17) is 55.5 Å². The maximum atomic E-state index is 13.0. The number of aliphatic carboxylic acids is 1. The lowest BCUT2D eigenvalue weighted by atomic mass is 9.92. The molecular weight excluding hydrogens is 828 g/mol. The van der Waals surface area contributed by atoms with Gasteiger partial charge in [-0.15, -0.1) is 6.42 Å². The van der Waals surface area contributed by atoms with Crippen molar-refractivity contribution in [2.24, 2.45) is 5.73 Å². The molecule has 0 bridgehead atoms. The van der Waals surface area contributed by atoms with E-state index in [2.05, 4.69) is 32.5 Å². The number of hydrogen-bond acceptors (Lipinski definition) is 17. The summed E-state index contributed by atoms with van der Waals surface area (Å²) in [7, 11) is 0. The van der Waals surface area contributed by atoms with Gasteiger partial charge < -0.3 is 90.4 Å². The summed E-state index contributed by atoms with van der Waals surface area (Å²) >= 11 is 0. The Balaban J connectivity index is 2.60. The highest BCUT2D eigenvalue weighted by atomic mass is 16.6. The van der Waals surface area contributed by atoms with Gasteiger partial charge in [0.15, 0.2) is 18.2 Å². The number of nitrogens with zero attached hydrogens (tertiary/aromatic N) is 1. The Kier molecular flexibility index (Phi) is 29.4. The first-order chi connectivity index (χ1) is 29.7. The number of carbonyl (C=O) groups is 6. The Hall–Kier alpha value is -5.33. The van der Waals surface area contributed by atoms with Crippen LogP contribution in [0.1, 0.15) is 20.3 Å². The van der Waals surface area contributed by atoms with Gasteiger partial charge in [0.25, 0.3) is 0 Å². The molecule has 5 atom stereocenters. The smallest absolute Gasteiger partial charge is 0.407 e. The number of aliphatic hydroxyl groups excluding tert-OH is 2. The van der Waals surface area contributed by atoms with Gasteiger partial charge in [-0.3, -0.25) is 24.6 Å². The molecule has 11 N–H and O–H groups in total. The Bertz CT molecular complexity index is 1470. The highest BCUT2D eigenvalue weighted by Gasteiger charge is 2.46. The lowest BCUT2D eigenvalue weighted by Gasteiger charge is -2.41. The van der Waals surface area contributed by atoms with E-state index in [-0.39, 0.29) is 72.3 Å². The van der Waals surface area contributed by atoms with Gasteiger partial charge in [0, 0.05) is 33.2 Å². The van der Waals surface area contributed by atoms with Crippen LogP contribution in [0.3, 0.4) is 0 Å². The number of carbonyl (C=O) groups excluding carboxylic acids is 5. The van der Waals surface area contributed by atoms with E-state index in [1.54, 1.807) is 6.92 Å². The number of guanidine groups is 1. The molecule has 0 aromatic rings. The normalized spacial score (nSPS) is 16.6. The van der Waals surface area contributed by atoms with Crippen LogP contribution in [-0.2, 0) is 61.9 Å². The summed E-state index contributed by atoms with van der Waals surface area (Å²) in [6.45, 7) is 3.92. The summed E-state index contributed by atoms with van der Waals surface area (Å²) in [5, 5.41) is 49.9. The number of hydrogen-bond donors (Lipinski definition) is 10. The largest absolute Gasteiger partial charge is 0.477 e. The molecule has 352 valence electrons. The summed E-state index contributed by atoms with van der Waals surface area (Å²) in [6.07, 6.45) is -0.286. The molecule has 25 heteroatoms. The van der Waals surface area contributed by atoms with Gasteiger partial charge >= 0.3 is 12.1 Å². The van der Waals surface area contributed by atoms with Crippen molar-refractivity contribution in [2.75, 3.05) is 119 Å². The number of nitrogens with two attached hydrogens (primary N) is 1. The summed E-state index contributed by atoms with van der Waals surface area (Å²) < 4.78 is 42.7. The SMILES string of the molecule is C#CCOCCOCCOCCOCCC(=O)N(CC(=O)NCCOCC)CC(=O)NCCOCCNC(=O)O[C@@H]([C@@H]1OC(C(=O)O)=C[C@H](NC(=N)N)[C@H]1NC(C)=O)[C@H](O)CO. The fraction of sp³-hybridized carbons (Fsp3) is 0.703. The molecule has 0 unspecified atom stereocenters. The summed E-state index contributed by atoms with van der Waals surface area (Å²) in [6, 6.07) is -2.41. The van der Waals surface area contributed by atoms with Crippen molar-refractivity contribution in [2.45, 2.75) is 50.7 Å². The summed E-state index contributed by atoms with van der Waals surface area (Å²) in [4.78, 5) is 75.9. The number of carboxylic acid groups (broad SMARTS) is 1. The van der Waals surface area contributed by atoms with Crippen molar-refractivity contribution in [3.05, 3.63) is 11.8 Å². The number of ether oxygens (including phenoxy) is 8. The lowest BCUT2D eigenvalue weighted by molar-refractivity contribution is -0.146. The highest BCUT2D eigenvalue weighted by molar-refractivity contribution is 5.89. The molecule has 1 aliphatic rings. The lowest BCUT2D eigenvalue weighted by Crippen LogP contribution is -2.65. The van der Waals surface area contributed by atoms with E-state index in [0.29, 0.717) is 33.0 Å². The Morgan fingerprint density at radius 1 is 0.855 bits per heavy atom. The van der Waals surface area contributed by atoms with Gasteiger partial charge in [0.05, 0.1) is 91.2 Å². The molecule has 0 saturated heterocycles. The first kappa shape index (κ1) is 54.7. The zero-order chi connectivity index (χ0) is 46.1. The molecule has 62 heavy (non-hydrogen) atoms. The zero-order valence-corrected chi connectivity index (χ0v) is 35.1. The third-order valence-corrected chi connectivity index (χ3v) is 8.01. The number of aliphatic hydroxyl groups is 2. The van der Waals surface area contributed by atoms with Crippen molar-refractivity contribution in [1.82, 2.24) is 31.5 Å². The van der Waals surface area contributed by atoms with Gasteiger partial charge in [-0.1, -0.05) is 5.92 Å². The molecular formula is C37H62N8O17. The number of rotatable bonds is 34. The topological polar surface area (TPSA) is 350 Å². The molecule has 0 fully saturated rings. The van der Waals surface area contributed by atoms with Crippen molar-refractivity contribution in [3.8, 4) is 12.3 Å². The van der Waals surface area contributed by atoms with Crippen molar-refractivity contribution < 1.29 is 82.0 Å². The third-order valence-electron chi connectivity index (χ3n) is 8.01. The molecule has 1 rings (SSSR count). The van der Waals surface area contributed by atoms with Crippen LogP contribution in [-0.4, -0.2) is 211 Å². The fourth-order valence-electron chi connectivity index (χ4n) is 5.27. The van der Waals surface area contributed by atoms with E-state index < -0.39 is 97.5 Å². The molecule has 25 nitrogen and oxygen atoms in total. The fourth-order valence-corrected chi connectivity index (χ4v) is 5.27. The number of alkyl carbamates (subject to hydrolysis) is 1. The Morgan fingerprint density at radius 3 is 1.90 bits per heavy atom. The molecule has 1 heterocycles. The van der Waals surface area contributed by atoms with Crippen LogP contribution in [0.5, 0.6) is 0 Å². The number of nitrogens with one attached hydrogen (secondary N) is 6. The highest BCUT2D eigenvalue weighted by Crippen LogP contribution is 2.25. The average molecular weight is 891 g/mol. The van der Waals surface area contributed by atoms with E-state index in [9.17, 15) is 44.1 Å². The van der Waals surface area contributed by atoms with Crippen LogP contribution in [0.15, 0.2) is 11.8 Å². The van der Waals surface area contributed by atoms with Crippen LogP contribution in [0.4, 0.5) is 4.79 Å². The van der Waals surface area contributed by atoms with Gasteiger partial charge in [-0.05, 0) is 13.0 Å². The van der Waals surface area contributed by atoms with Crippen LogP contribution in [0.25, 0.3) is 0 Å². The van der Waals surface area contributed by atoms with Crippen LogP contribution in [0.2, 0.25) is 0 Å². The average Bonchev–Trinajstić information content (AvgIpc) is 3.22. The molecule has 5 amide bonds. The van der Waals surface area contributed by atoms with Gasteiger partial charge in [0.2, 0.25) is 29.4 Å². The molecule has 0 radical (unpaired) electrons. The second-order valence-electron chi connectivity index (χ2n) is 12.9. The van der Waals surface area contributed by atoms with Gasteiger partial charge in [-0.25, -0.2) is 9.59 Å². The first-order valence-electron chi connectivity index (χ1n) is 19.7. The molecule has 0 aromatic carbocycles. The van der Waals surface area contributed by atoms with E-state index in [1.807, 2.05) is 0 Å². The van der Waals surface area contributed by atoms with Gasteiger partial charge in [-0.2, -0.15) is 0 Å². The Labute approximate surface area is 359 Å². The van der Waals surface area contributed by atoms with Gasteiger partial charge in [0.1, 0.15) is 25.8 Å². The van der Waals surface area contributed by atoms with Crippen LogP contribution >= 0.6 is 0 Å². The molecule has 0 saturated carbocycles. The molecule has 1 aliphatic heterocycles. The van der Waals surface area contributed by atoms with E-state index in [0.717, 1.165) is 17.9 Å². The minimum atomic E-state index is -1.82. The summed E-state index contributed by atoms with van der Waals surface area (Å²) in [5.74, 6) is -2.67. The minimum absolute atomic E-state index is 0.0111. The standard InChI is InChI=1S/C37H62N8O17/c1-4-10-56-15-17-59-19-20-60-18-16-57-11-6-31(51)45(22-29(49)40-7-12-55-5-2)23-30(50)41-8-13-58-14-9-42-37(54)62-33(27(48)24-46)34-32(43-25(3)47)26(44-36(38)39)21-28(61-34)35(52)53/h1,21,26-27,32-34,46,48H,5-20,22-24H2,2-3H3,(H,40,49)(H,41,50)(H,42,54)(H,43,47)(H,52,53)(H4,38,39,44)/t26-,27+,32+,33+,34+/m0/s1. The monoisotopic (exact) mass is 890 g/mol. The maximum absolute atomic E-state index is 13.0.